The minimum atomic E-state index is -1.00. The standard InChI is InChI=1S/C31H60N8O4/c1-31(2,3)21-10-12-22(13-11-21)37-30(42)33-14-7-15-38(16-20-8-5-4-6-9-20)17-23-25(40)26(41)29(43-23)39-19-36-24-27(32)34-18-35-28(24)39/h20-29,34-36,40-41H,4-19,32H2,1-3H3,(H2,33,37,42)/t21?,22?,23?,24?,25-,26?,27?,28?,29-/m1/s1. The molecule has 12 heteroatoms. The molecule has 9 N–H and O–H groups in total. The van der Waals surface area contributed by atoms with Gasteiger partial charge in [0.05, 0.1) is 25.0 Å². The summed E-state index contributed by atoms with van der Waals surface area (Å²) in [6.07, 6.45) is 8.25. The van der Waals surface area contributed by atoms with Gasteiger partial charge in [0.15, 0.2) is 0 Å². The van der Waals surface area contributed by atoms with Gasteiger partial charge < -0.3 is 36.2 Å². The Morgan fingerprint density at radius 3 is 2.47 bits per heavy atom. The maximum Gasteiger partial charge on any atom is 0.315 e. The van der Waals surface area contributed by atoms with Crippen LogP contribution in [0.25, 0.3) is 0 Å². The van der Waals surface area contributed by atoms with Crippen LogP contribution in [0.4, 0.5) is 4.79 Å². The van der Waals surface area contributed by atoms with Crippen LogP contribution in [0.5, 0.6) is 0 Å². The summed E-state index contributed by atoms with van der Waals surface area (Å²) in [4.78, 5) is 17.1. The largest absolute Gasteiger partial charge is 0.387 e. The van der Waals surface area contributed by atoms with Gasteiger partial charge in [0.25, 0.3) is 0 Å². The van der Waals surface area contributed by atoms with Gasteiger partial charge in [0.1, 0.15) is 24.5 Å². The average molecular weight is 609 g/mol. The Morgan fingerprint density at radius 2 is 1.74 bits per heavy atom. The summed E-state index contributed by atoms with van der Waals surface area (Å²) in [6, 6.07) is 0.188. The number of urea groups is 1. The van der Waals surface area contributed by atoms with Crippen molar-refractivity contribution in [1.82, 2.24) is 36.4 Å². The Balaban J connectivity index is 1.09. The number of hydrogen-bond acceptors (Lipinski definition) is 10. The Kier molecular flexibility index (Phi) is 11.6. The van der Waals surface area contributed by atoms with E-state index in [1.165, 1.54) is 44.9 Å². The second-order valence-corrected chi connectivity index (χ2v) is 14.9. The molecule has 0 radical (unpaired) electrons. The van der Waals surface area contributed by atoms with Crippen LogP contribution >= 0.6 is 0 Å². The lowest BCUT2D eigenvalue weighted by molar-refractivity contribution is -0.107. The zero-order chi connectivity index (χ0) is 30.6. The van der Waals surface area contributed by atoms with Crippen LogP contribution in [0.15, 0.2) is 0 Å². The summed E-state index contributed by atoms with van der Waals surface area (Å²) in [6.45, 7) is 11.0. The van der Waals surface area contributed by atoms with Gasteiger partial charge in [-0.05, 0) is 68.7 Å². The number of ether oxygens (including phenoxy) is 1. The van der Waals surface area contributed by atoms with Gasteiger partial charge in [-0.1, -0.05) is 40.0 Å². The van der Waals surface area contributed by atoms with Crippen molar-refractivity contribution in [1.29, 1.82) is 0 Å². The number of nitrogens with zero attached hydrogens (tertiary/aromatic N) is 2. The fourth-order valence-corrected chi connectivity index (χ4v) is 8.10. The molecule has 3 saturated heterocycles. The van der Waals surface area contributed by atoms with E-state index >= 15 is 0 Å². The molecule has 248 valence electrons. The van der Waals surface area contributed by atoms with Crippen LogP contribution < -0.4 is 32.3 Å². The van der Waals surface area contributed by atoms with Gasteiger partial charge in [0.2, 0.25) is 0 Å². The molecule has 0 spiro atoms. The number of nitrogens with one attached hydrogen (secondary N) is 5. The molecule has 5 aliphatic rings. The van der Waals surface area contributed by atoms with Crippen LogP contribution in [0, 0.1) is 17.3 Å². The van der Waals surface area contributed by atoms with E-state index in [2.05, 4.69) is 52.3 Å². The molecular weight excluding hydrogens is 548 g/mol. The Labute approximate surface area is 258 Å². The SMILES string of the molecule is CC(C)(C)C1CCC(NC(=O)NCCCN(CC2CCCCC2)CC2O[C@@H](N3CNC4C(N)NCNC43)C(O)[C@@H]2O)CC1. The third kappa shape index (κ3) is 8.59. The number of amides is 2. The number of carbonyl (C=O) groups excluding carboxylic acids is 1. The van der Waals surface area contributed by atoms with Crippen molar-refractivity contribution in [3.05, 3.63) is 0 Å². The first-order valence-corrected chi connectivity index (χ1v) is 17.1. The van der Waals surface area contributed by atoms with Crippen molar-refractivity contribution < 1.29 is 19.7 Å². The number of hydrogen-bond donors (Lipinski definition) is 8. The number of aliphatic hydroxyl groups excluding tert-OH is 2. The lowest BCUT2D eigenvalue weighted by Gasteiger charge is -2.38. The molecule has 3 aliphatic heterocycles. The van der Waals surface area contributed by atoms with Gasteiger partial charge >= 0.3 is 6.03 Å². The smallest absolute Gasteiger partial charge is 0.315 e. The van der Waals surface area contributed by atoms with Crippen molar-refractivity contribution in [2.75, 3.05) is 39.5 Å². The third-order valence-corrected chi connectivity index (χ3v) is 10.8. The first kappa shape index (κ1) is 33.3. The van der Waals surface area contributed by atoms with E-state index in [0.29, 0.717) is 37.8 Å². The molecule has 2 amide bonds. The van der Waals surface area contributed by atoms with Gasteiger partial charge in [-0.15, -0.1) is 0 Å². The predicted molar refractivity (Wildman–Crippen MR) is 167 cm³/mol. The fourth-order valence-electron chi connectivity index (χ4n) is 8.10. The Bertz CT molecular complexity index is 878. The fraction of sp³-hybridized carbons (Fsp3) is 0.968. The Hall–Kier alpha value is -1.09. The average Bonchev–Trinajstić information content (AvgIpc) is 3.53. The van der Waals surface area contributed by atoms with E-state index < -0.39 is 24.5 Å². The molecule has 7 atom stereocenters. The summed E-state index contributed by atoms with van der Waals surface area (Å²) in [7, 11) is 0. The third-order valence-electron chi connectivity index (χ3n) is 10.8. The highest BCUT2D eigenvalue weighted by Crippen LogP contribution is 2.37. The van der Waals surface area contributed by atoms with Crippen LogP contribution in [0.1, 0.15) is 85.0 Å². The highest BCUT2D eigenvalue weighted by Gasteiger charge is 2.51. The van der Waals surface area contributed by atoms with Crippen LogP contribution in [-0.4, -0.2) is 115 Å². The molecule has 12 nitrogen and oxygen atoms in total. The first-order chi connectivity index (χ1) is 20.6. The van der Waals surface area contributed by atoms with Crippen LogP contribution in [0.2, 0.25) is 0 Å². The first-order valence-electron chi connectivity index (χ1n) is 17.1. The lowest BCUT2D eigenvalue weighted by Crippen LogP contribution is -2.68. The molecule has 2 aliphatic carbocycles. The zero-order valence-corrected chi connectivity index (χ0v) is 26.8. The second-order valence-electron chi connectivity index (χ2n) is 14.9. The van der Waals surface area contributed by atoms with Crippen molar-refractivity contribution in [3.63, 3.8) is 0 Å². The molecule has 5 fully saturated rings. The van der Waals surface area contributed by atoms with E-state index in [4.69, 9.17) is 10.5 Å². The minimum Gasteiger partial charge on any atom is -0.387 e. The topological polar surface area (TPSA) is 159 Å². The molecule has 0 aromatic heterocycles. The van der Waals surface area contributed by atoms with Crippen molar-refractivity contribution in [2.45, 2.75) is 134 Å². The monoisotopic (exact) mass is 608 g/mol. The molecule has 0 bridgehead atoms. The molecule has 3 heterocycles. The van der Waals surface area contributed by atoms with E-state index in [1.807, 2.05) is 4.90 Å². The lowest BCUT2D eigenvalue weighted by atomic mass is 9.71. The van der Waals surface area contributed by atoms with Gasteiger partial charge in [-0.3, -0.25) is 16.0 Å². The summed E-state index contributed by atoms with van der Waals surface area (Å²) in [5.41, 5.74) is 6.57. The number of fused-ring (bicyclic) bond motifs is 1. The summed E-state index contributed by atoms with van der Waals surface area (Å²) in [5.74, 6) is 1.36. The van der Waals surface area contributed by atoms with Crippen LogP contribution in [-0.2, 0) is 4.74 Å². The van der Waals surface area contributed by atoms with Crippen molar-refractivity contribution in [2.24, 2.45) is 23.0 Å². The number of rotatable bonds is 10. The van der Waals surface area contributed by atoms with Crippen molar-refractivity contribution >= 4 is 6.03 Å². The highest BCUT2D eigenvalue weighted by atomic mass is 16.6. The van der Waals surface area contributed by atoms with E-state index in [0.717, 1.165) is 38.3 Å². The number of nitrogens with two attached hydrogens (primary N) is 1. The molecule has 5 rings (SSSR count). The van der Waals surface area contributed by atoms with E-state index in [-0.39, 0.29) is 30.4 Å². The molecule has 43 heavy (non-hydrogen) atoms. The highest BCUT2D eigenvalue weighted by molar-refractivity contribution is 5.74. The van der Waals surface area contributed by atoms with E-state index in [9.17, 15) is 15.0 Å². The quantitative estimate of drug-likeness (QED) is 0.165. The summed E-state index contributed by atoms with van der Waals surface area (Å²) in [5, 5.41) is 38.4. The molecule has 0 aromatic rings. The molecule has 0 aromatic carbocycles. The minimum absolute atomic E-state index is 0.00763. The van der Waals surface area contributed by atoms with Crippen molar-refractivity contribution in [3.8, 4) is 0 Å². The molecular formula is C31H60N8O4. The summed E-state index contributed by atoms with van der Waals surface area (Å²) >= 11 is 0. The Morgan fingerprint density at radius 1 is 1.00 bits per heavy atom. The van der Waals surface area contributed by atoms with Gasteiger partial charge in [-0.2, -0.15) is 0 Å². The maximum atomic E-state index is 12.6. The normalized spacial score (nSPS) is 37.9. The maximum absolute atomic E-state index is 12.6. The van der Waals surface area contributed by atoms with E-state index in [1.54, 1.807) is 0 Å². The number of carbonyl (C=O) groups is 1. The number of aliphatic hydroxyl groups is 2. The second kappa shape index (κ2) is 15.0. The molecule has 5 unspecified atom stereocenters. The van der Waals surface area contributed by atoms with Crippen LogP contribution in [0.3, 0.4) is 0 Å². The summed E-state index contributed by atoms with van der Waals surface area (Å²) < 4.78 is 6.39. The molecule has 2 saturated carbocycles. The van der Waals surface area contributed by atoms with Gasteiger partial charge in [-0.25, -0.2) is 9.69 Å². The van der Waals surface area contributed by atoms with Gasteiger partial charge in [0, 0.05) is 32.3 Å². The zero-order valence-electron chi connectivity index (χ0n) is 26.8. The predicted octanol–water partition coefficient (Wildman–Crippen LogP) is 0.602.